The number of nitrogens with one attached hydrogen (secondary N) is 1. The van der Waals surface area contributed by atoms with E-state index in [1.807, 2.05) is 13.1 Å². The molecule has 128 valence electrons. The second-order valence-corrected chi connectivity index (χ2v) is 6.98. The van der Waals surface area contributed by atoms with Gasteiger partial charge in [0.2, 0.25) is 0 Å². The molecule has 1 saturated heterocycles. The highest BCUT2D eigenvalue weighted by Crippen LogP contribution is 2.18. The number of hydrogen-bond donors (Lipinski definition) is 1. The second-order valence-electron chi connectivity index (χ2n) is 6.07. The zero-order valence-corrected chi connectivity index (χ0v) is 15.3. The standard InChI is InChI=1S/C17H20BrFN4O/c1-11-10-20-16(12(2)21-11)22-5-7-23(8-6-22)17(24)14-4-3-13(18)9-15(14)19/h3-4,9-10,12,21H,5-8H2,1-2H3. The van der Waals surface area contributed by atoms with Gasteiger partial charge in [0.05, 0.1) is 11.6 Å². The maximum Gasteiger partial charge on any atom is 0.256 e. The molecule has 2 aliphatic heterocycles. The number of allylic oxidation sites excluding steroid dienone is 1. The first-order valence-corrected chi connectivity index (χ1v) is 8.75. The maximum atomic E-state index is 14.0. The predicted octanol–water partition coefficient (Wildman–Crippen LogP) is 2.60. The van der Waals surface area contributed by atoms with Crippen LogP contribution in [0.1, 0.15) is 24.2 Å². The third-order valence-electron chi connectivity index (χ3n) is 4.27. The van der Waals surface area contributed by atoms with Crippen LogP contribution in [-0.2, 0) is 0 Å². The van der Waals surface area contributed by atoms with E-state index < -0.39 is 5.82 Å². The molecule has 5 nitrogen and oxygen atoms in total. The Balaban J connectivity index is 1.66. The molecule has 0 saturated carbocycles. The van der Waals surface area contributed by atoms with Crippen LogP contribution in [-0.4, -0.2) is 53.8 Å². The topological polar surface area (TPSA) is 47.9 Å². The Morgan fingerprint density at radius 2 is 2.04 bits per heavy atom. The van der Waals surface area contributed by atoms with Gasteiger partial charge in [-0.1, -0.05) is 15.9 Å². The van der Waals surface area contributed by atoms with Gasteiger partial charge in [0.1, 0.15) is 11.7 Å². The lowest BCUT2D eigenvalue weighted by molar-refractivity contribution is 0.0685. The largest absolute Gasteiger partial charge is 0.378 e. The Kier molecular flexibility index (Phi) is 4.89. The van der Waals surface area contributed by atoms with Crippen LogP contribution in [0, 0.1) is 5.82 Å². The molecule has 24 heavy (non-hydrogen) atoms. The molecule has 3 rings (SSSR count). The highest BCUT2D eigenvalue weighted by molar-refractivity contribution is 9.10. The van der Waals surface area contributed by atoms with Gasteiger partial charge in [-0.05, 0) is 32.0 Å². The Labute approximate surface area is 149 Å². The quantitative estimate of drug-likeness (QED) is 0.796. The molecule has 0 radical (unpaired) electrons. The van der Waals surface area contributed by atoms with Gasteiger partial charge in [0.15, 0.2) is 0 Å². The summed E-state index contributed by atoms with van der Waals surface area (Å²) in [6, 6.07) is 4.69. The lowest BCUT2D eigenvalue weighted by Crippen LogP contribution is -2.55. The molecule has 0 spiro atoms. The molecule has 1 unspecified atom stereocenters. The van der Waals surface area contributed by atoms with Crippen LogP contribution in [0.2, 0.25) is 0 Å². The minimum Gasteiger partial charge on any atom is -0.378 e. The van der Waals surface area contributed by atoms with E-state index >= 15 is 0 Å². The van der Waals surface area contributed by atoms with Crippen molar-refractivity contribution >= 4 is 27.7 Å². The van der Waals surface area contributed by atoms with Crippen molar-refractivity contribution in [1.29, 1.82) is 0 Å². The lowest BCUT2D eigenvalue weighted by Gasteiger charge is -2.39. The number of rotatable bonds is 1. The Bertz CT molecular complexity index is 711. The number of amides is 1. The molecule has 1 aromatic rings. The van der Waals surface area contributed by atoms with E-state index in [1.54, 1.807) is 11.0 Å². The maximum absolute atomic E-state index is 14.0. The zero-order valence-electron chi connectivity index (χ0n) is 13.7. The summed E-state index contributed by atoms with van der Waals surface area (Å²) in [4.78, 5) is 20.9. The van der Waals surface area contributed by atoms with Crippen molar-refractivity contribution in [3.63, 3.8) is 0 Å². The summed E-state index contributed by atoms with van der Waals surface area (Å²) >= 11 is 3.21. The fourth-order valence-corrected chi connectivity index (χ4v) is 3.38. The minimum atomic E-state index is -0.494. The average molecular weight is 395 g/mol. The monoisotopic (exact) mass is 394 g/mol. The van der Waals surface area contributed by atoms with Crippen LogP contribution in [0.25, 0.3) is 0 Å². The molecule has 0 aromatic heterocycles. The van der Waals surface area contributed by atoms with Crippen LogP contribution in [0.15, 0.2) is 39.6 Å². The van der Waals surface area contributed by atoms with E-state index in [9.17, 15) is 9.18 Å². The average Bonchev–Trinajstić information content (AvgIpc) is 2.54. The third-order valence-corrected chi connectivity index (χ3v) is 4.77. The number of piperazine rings is 1. The van der Waals surface area contributed by atoms with Crippen molar-refractivity contribution in [3.05, 3.63) is 45.9 Å². The normalized spacial score (nSPS) is 21.1. The number of nitrogens with zero attached hydrogens (tertiary/aromatic N) is 3. The van der Waals surface area contributed by atoms with Crippen molar-refractivity contribution < 1.29 is 9.18 Å². The highest BCUT2D eigenvalue weighted by Gasteiger charge is 2.28. The van der Waals surface area contributed by atoms with Crippen molar-refractivity contribution in [2.45, 2.75) is 19.9 Å². The number of benzene rings is 1. The smallest absolute Gasteiger partial charge is 0.256 e. The Morgan fingerprint density at radius 1 is 1.33 bits per heavy atom. The molecule has 2 heterocycles. The lowest BCUT2D eigenvalue weighted by atomic mass is 10.1. The number of carbonyl (C=O) groups is 1. The van der Waals surface area contributed by atoms with Crippen LogP contribution >= 0.6 is 15.9 Å². The first kappa shape index (κ1) is 17.0. The fraction of sp³-hybridized carbons (Fsp3) is 0.412. The molecule has 1 atom stereocenters. The second kappa shape index (κ2) is 6.93. The van der Waals surface area contributed by atoms with Gasteiger partial charge < -0.3 is 15.1 Å². The van der Waals surface area contributed by atoms with Gasteiger partial charge in [-0.25, -0.2) is 9.38 Å². The molecule has 1 aromatic carbocycles. The SMILES string of the molecule is CC1=CN=C(N2CCN(C(=O)c3ccc(Br)cc3F)CC2)C(C)N1. The molecule has 1 amide bonds. The van der Waals surface area contributed by atoms with Crippen LogP contribution in [0.3, 0.4) is 0 Å². The van der Waals surface area contributed by atoms with Crippen LogP contribution in [0.4, 0.5) is 4.39 Å². The summed E-state index contributed by atoms with van der Waals surface area (Å²) in [6.07, 6.45) is 1.82. The van der Waals surface area contributed by atoms with Gasteiger partial charge in [0, 0.05) is 42.5 Å². The first-order chi connectivity index (χ1) is 11.5. The summed E-state index contributed by atoms with van der Waals surface area (Å²) < 4.78 is 14.6. The summed E-state index contributed by atoms with van der Waals surface area (Å²) in [5, 5.41) is 3.35. The van der Waals surface area contributed by atoms with Gasteiger partial charge in [-0.2, -0.15) is 0 Å². The number of amidine groups is 1. The molecule has 2 aliphatic rings. The van der Waals surface area contributed by atoms with E-state index in [4.69, 9.17) is 0 Å². The number of aliphatic imine (C=N–C) groups is 1. The molecule has 1 N–H and O–H groups in total. The van der Waals surface area contributed by atoms with Crippen molar-refractivity contribution in [2.75, 3.05) is 26.2 Å². The van der Waals surface area contributed by atoms with Crippen molar-refractivity contribution in [2.24, 2.45) is 4.99 Å². The van der Waals surface area contributed by atoms with Crippen LogP contribution in [0.5, 0.6) is 0 Å². The first-order valence-electron chi connectivity index (χ1n) is 7.96. The molecular weight excluding hydrogens is 375 g/mol. The number of hydrogen-bond acceptors (Lipinski definition) is 4. The van der Waals surface area contributed by atoms with E-state index in [0.29, 0.717) is 30.7 Å². The highest BCUT2D eigenvalue weighted by atomic mass is 79.9. The summed E-state index contributed by atoms with van der Waals surface area (Å²) in [5.74, 6) is 0.238. The molecule has 1 fully saturated rings. The van der Waals surface area contributed by atoms with E-state index in [-0.39, 0.29) is 17.5 Å². The molecular formula is C17H20BrFN4O. The minimum absolute atomic E-state index is 0.121. The van der Waals surface area contributed by atoms with Gasteiger partial charge in [0.25, 0.3) is 5.91 Å². The van der Waals surface area contributed by atoms with Gasteiger partial charge in [-0.3, -0.25) is 4.79 Å². The van der Waals surface area contributed by atoms with Gasteiger partial charge >= 0.3 is 0 Å². The van der Waals surface area contributed by atoms with E-state index in [0.717, 1.165) is 11.5 Å². The number of carbonyl (C=O) groups excluding carboxylic acids is 1. The van der Waals surface area contributed by atoms with Gasteiger partial charge in [-0.15, -0.1) is 0 Å². The number of halogens is 2. The third kappa shape index (κ3) is 3.45. The zero-order chi connectivity index (χ0) is 17.3. The van der Waals surface area contributed by atoms with E-state index in [2.05, 4.69) is 38.1 Å². The molecule has 7 heteroatoms. The Hall–Kier alpha value is -1.89. The summed E-state index contributed by atoms with van der Waals surface area (Å²) in [6.45, 7) is 6.57. The van der Waals surface area contributed by atoms with Crippen molar-refractivity contribution in [3.8, 4) is 0 Å². The molecule has 0 bridgehead atoms. The predicted molar refractivity (Wildman–Crippen MR) is 95.4 cm³/mol. The van der Waals surface area contributed by atoms with Crippen molar-refractivity contribution in [1.82, 2.24) is 15.1 Å². The van der Waals surface area contributed by atoms with Crippen LogP contribution < -0.4 is 5.32 Å². The molecule has 0 aliphatic carbocycles. The Morgan fingerprint density at radius 3 is 2.67 bits per heavy atom. The van der Waals surface area contributed by atoms with E-state index in [1.165, 1.54) is 12.1 Å². The summed E-state index contributed by atoms with van der Waals surface area (Å²) in [7, 11) is 0. The fourth-order valence-electron chi connectivity index (χ4n) is 3.05. The summed E-state index contributed by atoms with van der Waals surface area (Å²) in [5.41, 5.74) is 1.17.